The first-order chi connectivity index (χ1) is 7.90. The van der Waals surface area contributed by atoms with Gasteiger partial charge < -0.3 is 19.3 Å². The molecule has 0 atom stereocenters. The van der Waals surface area contributed by atoms with Crippen LogP contribution in [-0.2, 0) is 11.2 Å². The van der Waals surface area contributed by atoms with Crippen LogP contribution in [0, 0.1) is 0 Å². The van der Waals surface area contributed by atoms with Gasteiger partial charge in [-0.15, -0.1) is 0 Å². The van der Waals surface area contributed by atoms with Crippen LogP contribution in [0.1, 0.15) is 26.5 Å². The number of nitrogens with one attached hydrogen (secondary N) is 1. The monoisotopic (exact) mass is 242 g/mol. The Kier molecular flexibility index (Phi) is 4.37. The van der Waals surface area contributed by atoms with Crippen LogP contribution in [0.2, 0.25) is 0 Å². The summed E-state index contributed by atoms with van der Waals surface area (Å²) in [7, 11) is 1.51. The van der Waals surface area contributed by atoms with Crippen molar-refractivity contribution in [1.29, 1.82) is 0 Å². The summed E-state index contributed by atoms with van der Waals surface area (Å²) in [6.45, 7) is 5.86. The molecule has 0 radical (unpaired) electrons. The smallest absolute Gasteiger partial charge is 0.407 e. The molecule has 0 fully saturated rings. The molecule has 0 unspecified atom stereocenters. The van der Waals surface area contributed by atoms with Crippen LogP contribution in [0.25, 0.3) is 0 Å². The molecule has 1 N–H and O–H groups in total. The second-order valence-corrected chi connectivity index (χ2v) is 4.51. The van der Waals surface area contributed by atoms with Crippen molar-refractivity contribution in [2.75, 3.05) is 13.7 Å². The van der Waals surface area contributed by atoms with E-state index in [1.54, 1.807) is 6.07 Å². The maximum absolute atomic E-state index is 11.3. The van der Waals surface area contributed by atoms with Crippen molar-refractivity contribution in [2.24, 2.45) is 0 Å². The Hall–Kier alpha value is -1.72. The SMILES string of the molecule is COc1cc(CCNC(=O)OC(C)(C)C)on1. The van der Waals surface area contributed by atoms with Gasteiger partial charge in [0.1, 0.15) is 11.4 Å². The maximum atomic E-state index is 11.3. The van der Waals surface area contributed by atoms with Crippen LogP contribution in [0.5, 0.6) is 5.88 Å². The van der Waals surface area contributed by atoms with Crippen molar-refractivity contribution in [2.45, 2.75) is 32.8 Å². The summed E-state index contributed by atoms with van der Waals surface area (Å²) >= 11 is 0. The number of nitrogens with zero attached hydrogens (tertiary/aromatic N) is 1. The molecule has 0 bridgehead atoms. The summed E-state index contributed by atoms with van der Waals surface area (Å²) in [5, 5.41) is 6.28. The van der Waals surface area contributed by atoms with Crippen molar-refractivity contribution in [3.63, 3.8) is 0 Å². The Balaban J connectivity index is 2.26. The minimum atomic E-state index is -0.487. The number of amides is 1. The number of alkyl carbamates (subject to hydrolysis) is 1. The van der Waals surface area contributed by atoms with Crippen LogP contribution < -0.4 is 10.1 Å². The Morgan fingerprint density at radius 1 is 1.53 bits per heavy atom. The normalized spacial score (nSPS) is 11.1. The Morgan fingerprint density at radius 3 is 2.76 bits per heavy atom. The van der Waals surface area contributed by atoms with E-state index in [2.05, 4.69) is 10.5 Å². The van der Waals surface area contributed by atoms with Gasteiger partial charge in [-0.25, -0.2) is 4.79 Å². The summed E-state index contributed by atoms with van der Waals surface area (Å²) in [5.74, 6) is 1.08. The van der Waals surface area contributed by atoms with Crippen molar-refractivity contribution in [1.82, 2.24) is 10.5 Å². The molecular weight excluding hydrogens is 224 g/mol. The molecule has 0 saturated carbocycles. The second-order valence-electron chi connectivity index (χ2n) is 4.51. The molecule has 6 nitrogen and oxygen atoms in total. The first kappa shape index (κ1) is 13.3. The third-order valence-corrected chi connectivity index (χ3v) is 1.79. The molecule has 0 aliphatic rings. The van der Waals surface area contributed by atoms with Gasteiger partial charge in [-0.2, -0.15) is 0 Å². The second kappa shape index (κ2) is 5.56. The Bertz CT molecular complexity index is 368. The number of methoxy groups -OCH3 is 1. The van der Waals surface area contributed by atoms with E-state index >= 15 is 0 Å². The van der Waals surface area contributed by atoms with Gasteiger partial charge in [0.05, 0.1) is 7.11 Å². The molecule has 0 aliphatic carbocycles. The lowest BCUT2D eigenvalue weighted by molar-refractivity contribution is 0.0528. The van der Waals surface area contributed by atoms with E-state index in [1.807, 2.05) is 20.8 Å². The molecule has 0 spiro atoms. The molecule has 0 saturated heterocycles. The summed E-state index contributed by atoms with van der Waals surface area (Å²) in [4.78, 5) is 11.3. The Morgan fingerprint density at radius 2 is 2.24 bits per heavy atom. The molecule has 0 aromatic carbocycles. The van der Waals surface area contributed by atoms with E-state index in [-0.39, 0.29) is 0 Å². The maximum Gasteiger partial charge on any atom is 0.407 e. The Labute approximate surface area is 100 Å². The highest BCUT2D eigenvalue weighted by atomic mass is 16.6. The number of rotatable bonds is 4. The van der Waals surface area contributed by atoms with Gasteiger partial charge in [-0.1, -0.05) is 0 Å². The molecule has 1 aromatic heterocycles. The number of hydrogen-bond acceptors (Lipinski definition) is 5. The third kappa shape index (κ3) is 5.24. The standard InChI is InChI=1S/C11H18N2O4/c1-11(2,3)16-10(14)12-6-5-8-7-9(15-4)13-17-8/h7H,5-6H2,1-4H3,(H,12,14). The predicted octanol–water partition coefficient (Wildman–Crippen LogP) is 1.75. The molecule has 1 heterocycles. The van der Waals surface area contributed by atoms with Crippen molar-refractivity contribution in [3.05, 3.63) is 11.8 Å². The van der Waals surface area contributed by atoms with Crippen LogP contribution >= 0.6 is 0 Å². The van der Waals surface area contributed by atoms with Gasteiger partial charge in [0.15, 0.2) is 0 Å². The molecule has 96 valence electrons. The van der Waals surface area contributed by atoms with Crippen LogP contribution in [0.4, 0.5) is 4.79 Å². The number of carbonyl (C=O) groups is 1. The van der Waals surface area contributed by atoms with Gasteiger partial charge in [0, 0.05) is 19.0 Å². The largest absolute Gasteiger partial charge is 0.479 e. The van der Waals surface area contributed by atoms with E-state index in [0.717, 1.165) is 0 Å². The minimum Gasteiger partial charge on any atom is -0.479 e. The lowest BCUT2D eigenvalue weighted by Crippen LogP contribution is -2.33. The fourth-order valence-electron chi connectivity index (χ4n) is 1.11. The zero-order chi connectivity index (χ0) is 12.9. The van der Waals surface area contributed by atoms with Gasteiger partial charge >= 0.3 is 6.09 Å². The molecule has 0 aliphatic heterocycles. The lowest BCUT2D eigenvalue weighted by atomic mass is 10.2. The fraction of sp³-hybridized carbons (Fsp3) is 0.636. The predicted molar refractivity (Wildman–Crippen MR) is 61.0 cm³/mol. The molecule has 17 heavy (non-hydrogen) atoms. The zero-order valence-electron chi connectivity index (χ0n) is 10.6. The van der Waals surface area contributed by atoms with Gasteiger partial charge in [0.2, 0.25) is 0 Å². The molecule has 1 aromatic rings. The topological polar surface area (TPSA) is 73.6 Å². The van der Waals surface area contributed by atoms with E-state index in [9.17, 15) is 4.79 Å². The zero-order valence-corrected chi connectivity index (χ0v) is 10.6. The van der Waals surface area contributed by atoms with Crippen LogP contribution in [0.15, 0.2) is 10.6 Å². The van der Waals surface area contributed by atoms with E-state index in [0.29, 0.717) is 24.6 Å². The summed E-state index contributed by atoms with van der Waals surface area (Å²) in [6.07, 6.45) is 0.0965. The number of carbonyl (C=O) groups excluding carboxylic acids is 1. The first-order valence-corrected chi connectivity index (χ1v) is 5.37. The molecule has 1 rings (SSSR count). The first-order valence-electron chi connectivity index (χ1n) is 5.37. The summed E-state index contributed by atoms with van der Waals surface area (Å²) in [5.41, 5.74) is -0.487. The number of ether oxygens (including phenoxy) is 2. The van der Waals surface area contributed by atoms with E-state index in [4.69, 9.17) is 14.0 Å². The van der Waals surface area contributed by atoms with Gasteiger partial charge in [0.25, 0.3) is 5.88 Å². The lowest BCUT2D eigenvalue weighted by Gasteiger charge is -2.19. The third-order valence-electron chi connectivity index (χ3n) is 1.79. The highest BCUT2D eigenvalue weighted by Gasteiger charge is 2.15. The molecule has 6 heteroatoms. The average Bonchev–Trinajstić information content (AvgIpc) is 2.63. The number of aromatic nitrogens is 1. The van der Waals surface area contributed by atoms with Crippen molar-refractivity contribution in [3.8, 4) is 5.88 Å². The van der Waals surface area contributed by atoms with Crippen LogP contribution in [-0.4, -0.2) is 30.5 Å². The molecular formula is C11H18N2O4. The van der Waals surface area contributed by atoms with Crippen molar-refractivity contribution >= 4 is 6.09 Å². The quantitative estimate of drug-likeness (QED) is 0.870. The van der Waals surface area contributed by atoms with Gasteiger partial charge in [-0.05, 0) is 25.9 Å². The van der Waals surface area contributed by atoms with Crippen LogP contribution in [0.3, 0.4) is 0 Å². The highest BCUT2D eigenvalue weighted by molar-refractivity contribution is 5.67. The number of hydrogen-bond donors (Lipinski definition) is 1. The average molecular weight is 242 g/mol. The van der Waals surface area contributed by atoms with Crippen molar-refractivity contribution < 1.29 is 18.8 Å². The fourth-order valence-corrected chi connectivity index (χ4v) is 1.11. The summed E-state index contributed by atoms with van der Waals surface area (Å²) < 4.78 is 14.9. The van der Waals surface area contributed by atoms with Gasteiger partial charge in [-0.3, -0.25) is 0 Å². The van der Waals surface area contributed by atoms with E-state index < -0.39 is 11.7 Å². The minimum absolute atomic E-state index is 0.424. The highest BCUT2D eigenvalue weighted by Crippen LogP contribution is 2.10. The van der Waals surface area contributed by atoms with E-state index in [1.165, 1.54) is 7.11 Å². The molecule has 1 amide bonds. The summed E-state index contributed by atoms with van der Waals surface area (Å²) in [6, 6.07) is 1.68.